The average Bonchev–Trinajstić information content (AvgIpc) is 2.74. The SMILES string of the molecule is Cc1nn(C(C)C)cc1CNCc1ccc(F)cc1. The maximum absolute atomic E-state index is 12.8. The third-order valence-corrected chi connectivity index (χ3v) is 3.11. The van der Waals surface area contributed by atoms with E-state index in [-0.39, 0.29) is 5.82 Å². The van der Waals surface area contributed by atoms with Gasteiger partial charge in [0.2, 0.25) is 0 Å². The van der Waals surface area contributed by atoms with E-state index < -0.39 is 0 Å². The molecule has 1 heterocycles. The van der Waals surface area contributed by atoms with Crippen molar-refractivity contribution in [1.29, 1.82) is 0 Å². The zero-order valence-corrected chi connectivity index (χ0v) is 11.7. The van der Waals surface area contributed by atoms with Gasteiger partial charge in [-0.1, -0.05) is 12.1 Å². The zero-order chi connectivity index (χ0) is 13.8. The highest BCUT2D eigenvalue weighted by atomic mass is 19.1. The number of rotatable bonds is 5. The Morgan fingerprint density at radius 2 is 1.89 bits per heavy atom. The number of benzene rings is 1. The summed E-state index contributed by atoms with van der Waals surface area (Å²) >= 11 is 0. The van der Waals surface area contributed by atoms with E-state index in [0.29, 0.717) is 6.04 Å². The maximum Gasteiger partial charge on any atom is 0.123 e. The van der Waals surface area contributed by atoms with Gasteiger partial charge in [-0.25, -0.2) is 4.39 Å². The first-order valence-electron chi connectivity index (χ1n) is 6.56. The van der Waals surface area contributed by atoms with Crippen molar-refractivity contribution < 1.29 is 4.39 Å². The molecular weight excluding hydrogens is 241 g/mol. The first-order valence-corrected chi connectivity index (χ1v) is 6.56. The molecule has 4 heteroatoms. The highest BCUT2D eigenvalue weighted by Gasteiger charge is 2.06. The highest BCUT2D eigenvalue weighted by molar-refractivity contribution is 5.18. The topological polar surface area (TPSA) is 29.9 Å². The van der Waals surface area contributed by atoms with Gasteiger partial charge in [-0.05, 0) is 38.5 Å². The van der Waals surface area contributed by atoms with E-state index in [4.69, 9.17) is 0 Å². The van der Waals surface area contributed by atoms with Gasteiger partial charge in [-0.3, -0.25) is 4.68 Å². The van der Waals surface area contributed by atoms with Crippen molar-refractivity contribution in [3.05, 3.63) is 53.1 Å². The third-order valence-electron chi connectivity index (χ3n) is 3.11. The van der Waals surface area contributed by atoms with Crippen LogP contribution in [0, 0.1) is 12.7 Å². The van der Waals surface area contributed by atoms with Crippen molar-refractivity contribution in [2.45, 2.75) is 39.9 Å². The van der Waals surface area contributed by atoms with Gasteiger partial charge in [-0.15, -0.1) is 0 Å². The van der Waals surface area contributed by atoms with Gasteiger partial charge in [0, 0.05) is 30.9 Å². The van der Waals surface area contributed by atoms with Crippen LogP contribution in [0.3, 0.4) is 0 Å². The smallest absolute Gasteiger partial charge is 0.123 e. The minimum absolute atomic E-state index is 0.196. The van der Waals surface area contributed by atoms with Crippen molar-refractivity contribution in [3.63, 3.8) is 0 Å². The summed E-state index contributed by atoms with van der Waals surface area (Å²) in [5.41, 5.74) is 3.34. The lowest BCUT2D eigenvalue weighted by Gasteiger charge is -2.04. The Labute approximate surface area is 113 Å². The molecule has 0 saturated carbocycles. The number of halogens is 1. The Morgan fingerprint density at radius 3 is 2.47 bits per heavy atom. The Bertz CT molecular complexity index is 529. The van der Waals surface area contributed by atoms with Gasteiger partial charge in [-0.2, -0.15) is 5.10 Å². The van der Waals surface area contributed by atoms with Gasteiger partial charge in [0.1, 0.15) is 5.82 Å². The van der Waals surface area contributed by atoms with Crippen molar-refractivity contribution in [2.24, 2.45) is 0 Å². The highest BCUT2D eigenvalue weighted by Crippen LogP contribution is 2.10. The molecule has 1 aromatic carbocycles. The maximum atomic E-state index is 12.8. The van der Waals surface area contributed by atoms with Crippen molar-refractivity contribution >= 4 is 0 Å². The molecular formula is C15H20FN3. The zero-order valence-electron chi connectivity index (χ0n) is 11.7. The predicted octanol–water partition coefficient (Wildman–Crippen LogP) is 3.20. The van der Waals surface area contributed by atoms with Crippen molar-refractivity contribution in [3.8, 4) is 0 Å². The number of nitrogens with zero attached hydrogens (tertiary/aromatic N) is 2. The van der Waals surface area contributed by atoms with Gasteiger partial charge < -0.3 is 5.32 Å². The lowest BCUT2D eigenvalue weighted by Crippen LogP contribution is -2.12. The standard InChI is InChI=1S/C15H20FN3/c1-11(2)19-10-14(12(3)18-19)9-17-8-13-4-6-15(16)7-5-13/h4-7,10-11,17H,8-9H2,1-3H3. The van der Waals surface area contributed by atoms with Crippen LogP contribution in [-0.2, 0) is 13.1 Å². The molecule has 0 spiro atoms. The summed E-state index contributed by atoms with van der Waals surface area (Å²) < 4.78 is 14.8. The van der Waals surface area contributed by atoms with Crippen LogP contribution in [0.2, 0.25) is 0 Å². The fourth-order valence-electron chi connectivity index (χ4n) is 1.90. The summed E-state index contributed by atoms with van der Waals surface area (Å²) in [4.78, 5) is 0. The van der Waals surface area contributed by atoms with Gasteiger partial charge in [0.25, 0.3) is 0 Å². The number of nitrogens with one attached hydrogen (secondary N) is 1. The van der Waals surface area contributed by atoms with E-state index in [1.807, 2.05) is 11.6 Å². The molecule has 1 aromatic heterocycles. The molecule has 0 aliphatic heterocycles. The molecule has 102 valence electrons. The van der Waals surface area contributed by atoms with E-state index >= 15 is 0 Å². The summed E-state index contributed by atoms with van der Waals surface area (Å²) in [6, 6.07) is 6.95. The van der Waals surface area contributed by atoms with Gasteiger partial charge >= 0.3 is 0 Å². The lowest BCUT2D eigenvalue weighted by molar-refractivity contribution is 0.528. The molecule has 2 rings (SSSR count). The first-order chi connectivity index (χ1) is 9.06. The van der Waals surface area contributed by atoms with Crippen LogP contribution in [0.15, 0.2) is 30.5 Å². The molecule has 1 N–H and O–H groups in total. The number of aryl methyl sites for hydroxylation is 1. The van der Waals surface area contributed by atoms with Crippen LogP contribution >= 0.6 is 0 Å². The molecule has 0 aliphatic rings. The Balaban J connectivity index is 1.90. The van der Waals surface area contributed by atoms with Crippen LogP contribution in [0.5, 0.6) is 0 Å². The van der Waals surface area contributed by atoms with E-state index in [9.17, 15) is 4.39 Å². The minimum atomic E-state index is -0.196. The summed E-state index contributed by atoms with van der Waals surface area (Å²) in [6.45, 7) is 7.75. The Morgan fingerprint density at radius 1 is 1.21 bits per heavy atom. The molecule has 0 bridgehead atoms. The third kappa shape index (κ3) is 3.64. The van der Waals surface area contributed by atoms with Crippen LogP contribution in [0.1, 0.15) is 36.7 Å². The fourth-order valence-corrected chi connectivity index (χ4v) is 1.90. The average molecular weight is 261 g/mol. The normalized spacial score (nSPS) is 11.2. The van der Waals surface area contributed by atoms with E-state index in [1.54, 1.807) is 12.1 Å². The minimum Gasteiger partial charge on any atom is -0.308 e. The number of hydrogen-bond donors (Lipinski definition) is 1. The van der Waals surface area contributed by atoms with Crippen molar-refractivity contribution in [2.75, 3.05) is 0 Å². The Hall–Kier alpha value is -1.68. The molecule has 3 nitrogen and oxygen atoms in total. The van der Waals surface area contributed by atoms with Crippen molar-refractivity contribution in [1.82, 2.24) is 15.1 Å². The quantitative estimate of drug-likeness (QED) is 0.895. The molecule has 19 heavy (non-hydrogen) atoms. The summed E-state index contributed by atoms with van der Waals surface area (Å²) in [5, 5.41) is 7.83. The summed E-state index contributed by atoms with van der Waals surface area (Å²) in [7, 11) is 0. The van der Waals surface area contributed by atoms with Crippen LogP contribution in [0.4, 0.5) is 4.39 Å². The van der Waals surface area contributed by atoms with E-state index in [0.717, 1.165) is 24.3 Å². The van der Waals surface area contributed by atoms with Crippen LogP contribution in [0.25, 0.3) is 0 Å². The second kappa shape index (κ2) is 5.97. The van der Waals surface area contributed by atoms with Crippen LogP contribution in [-0.4, -0.2) is 9.78 Å². The number of aromatic nitrogens is 2. The molecule has 0 amide bonds. The summed E-state index contributed by atoms with van der Waals surface area (Å²) in [6.07, 6.45) is 2.08. The Kier molecular flexibility index (Phi) is 4.32. The second-order valence-corrected chi connectivity index (χ2v) is 5.04. The fraction of sp³-hybridized carbons (Fsp3) is 0.400. The molecule has 0 atom stereocenters. The van der Waals surface area contributed by atoms with E-state index in [2.05, 4.69) is 30.5 Å². The molecule has 0 saturated heterocycles. The summed E-state index contributed by atoms with van der Waals surface area (Å²) in [5.74, 6) is -0.196. The molecule has 0 unspecified atom stereocenters. The monoisotopic (exact) mass is 261 g/mol. The lowest BCUT2D eigenvalue weighted by atomic mass is 10.2. The van der Waals surface area contributed by atoms with Crippen LogP contribution < -0.4 is 5.32 Å². The van der Waals surface area contributed by atoms with Gasteiger partial charge in [0.15, 0.2) is 0 Å². The first kappa shape index (κ1) is 13.7. The van der Waals surface area contributed by atoms with Gasteiger partial charge in [0.05, 0.1) is 5.69 Å². The van der Waals surface area contributed by atoms with E-state index in [1.165, 1.54) is 17.7 Å². The molecule has 2 aromatic rings. The number of hydrogen-bond acceptors (Lipinski definition) is 2. The largest absolute Gasteiger partial charge is 0.308 e. The second-order valence-electron chi connectivity index (χ2n) is 5.04. The molecule has 0 fully saturated rings. The molecule has 0 radical (unpaired) electrons. The predicted molar refractivity (Wildman–Crippen MR) is 74.3 cm³/mol. The molecule has 0 aliphatic carbocycles.